The highest BCUT2D eigenvalue weighted by molar-refractivity contribution is 7.15. The van der Waals surface area contributed by atoms with Gasteiger partial charge in [0, 0.05) is 25.3 Å². The van der Waals surface area contributed by atoms with E-state index in [1.807, 2.05) is 20.8 Å². The number of para-hydroxylation sites is 1. The Labute approximate surface area is 166 Å². The second-order valence-electron chi connectivity index (χ2n) is 8.04. The van der Waals surface area contributed by atoms with Crippen molar-refractivity contribution in [1.82, 2.24) is 15.1 Å². The first-order valence-corrected chi connectivity index (χ1v) is 9.83. The number of carbonyl (C=O) groups excluding carboxylic acids is 3. The van der Waals surface area contributed by atoms with Gasteiger partial charge in [0.25, 0.3) is 11.8 Å². The predicted molar refractivity (Wildman–Crippen MR) is 105 cm³/mol. The minimum atomic E-state index is -1.41. The Kier molecular flexibility index (Phi) is 4.04. The zero-order valence-corrected chi connectivity index (χ0v) is 17.0. The summed E-state index contributed by atoms with van der Waals surface area (Å²) in [7, 11) is 1.56. The lowest BCUT2D eigenvalue weighted by atomic mass is 9.96. The maximum Gasteiger partial charge on any atom is 0.273 e. The maximum absolute atomic E-state index is 13.4. The van der Waals surface area contributed by atoms with Crippen molar-refractivity contribution in [3.8, 4) is 0 Å². The number of anilines is 2. The first-order valence-electron chi connectivity index (χ1n) is 9.02. The molecule has 1 atom stereocenters. The molecule has 8 nitrogen and oxygen atoms in total. The van der Waals surface area contributed by atoms with E-state index in [9.17, 15) is 14.4 Å². The number of amides is 3. The lowest BCUT2D eigenvalue weighted by molar-refractivity contribution is -0.128. The molecule has 146 valence electrons. The third-order valence-corrected chi connectivity index (χ3v) is 6.46. The number of nitrogens with zero attached hydrogens (tertiary/aromatic N) is 4. The van der Waals surface area contributed by atoms with Gasteiger partial charge in [0.1, 0.15) is 5.01 Å². The van der Waals surface area contributed by atoms with Crippen molar-refractivity contribution < 1.29 is 14.4 Å². The van der Waals surface area contributed by atoms with Crippen molar-refractivity contribution in [2.24, 2.45) is 0 Å². The van der Waals surface area contributed by atoms with Crippen molar-refractivity contribution >= 4 is 39.9 Å². The quantitative estimate of drug-likeness (QED) is 0.837. The molecule has 0 spiro atoms. The van der Waals surface area contributed by atoms with Crippen molar-refractivity contribution in [3.63, 3.8) is 0 Å². The summed E-state index contributed by atoms with van der Waals surface area (Å²) in [6, 6.07) is 6.87. The molecule has 2 aliphatic heterocycles. The minimum Gasteiger partial charge on any atom is -0.310 e. The summed E-state index contributed by atoms with van der Waals surface area (Å²) < 4.78 is 0. The molecule has 0 radical (unpaired) electrons. The molecule has 3 heterocycles. The maximum atomic E-state index is 13.4. The molecule has 28 heavy (non-hydrogen) atoms. The normalized spacial score (nSPS) is 21.6. The molecular formula is C19H21N5O3S. The molecule has 0 bridgehead atoms. The molecule has 0 saturated carbocycles. The highest BCUT2D eigenvalue weighted by atomic mass is 32.1. The van der Waals surface area contributed by atoms with Gasteiger partial charge >= 0.3 is 0 Å². The molecule has 9 heteroatoms. The largest absolute Gasteiger partial charge is 0.310 e. The monoisotopic (exact) mass is 399 g/mol. The van der Waals surface area contributed by atoms with Crippen LogP contribution in [0.3, 0.4) is 0 Å². The fourth-order valence-corrected chi connectivity index (χ4v) is 4.50. The van der Waals surface area contributed by atoms with E-state index >= 15 is 0 Å². The number of likely N-dealkylation sites (N-methyl/N-ethyl adjacent to an activating group) is 1. The van der Waals surface area contributed by atoms with Gasteiger partial charge < -0.3 is 4.90 Å². The Balaban J connectivity index is 1.74. The molecule has 1 aromatic carbocycles. The Morgan fingerprint density at radius 2 is 1.93 bits per heavy atom. The lowest BCUT2D eigenvalue weighted by Gasteiger charge is -2.47. The Bertz CT molecular complexity index is 995. The van der Waals surface area contributed by atoms with Gasteiger partial charge in [0.05, 0.1) is 11.3 Å². The summed E-state index contributed by atoms with van der Waals surface area (Å²) in [5.74, 6) is -0.931. The minimum absolute atomic E-state index is 0.183. The van der Waals surface area contributed by atoms with Gasteiger partial charge in [-0.3, -0.25) is 24.6 Å². The summed E-state index contributed by atoms with van der Waals surface area (Å²) in [5, 5.41) is 12.1. The number of carbonyl (C=O) groups is 3. The van der Waals surface area contributed by atoms with Gasteiger partial charge in [-0.05, 0) is 12.1 Å². The van der Waals surface area contributed by atoms with E-state index in [-0.39, 0.29) is 30.1 Å². The molecule has 4 rings (SSSR count). The molecule has 1 N–H and O–H groups in total. The van der Waals surface area contributed by atoms with Gasteiger partial charge in [0.15, 0.2) is 0 Å². The second-order valence-corrected chi connectivity index (χ2v) is 9.02. The molecular weight excluding hydrogens is 378 g/mol. The van der Waals surface area contributed by atoms with Gasteiger partial charge in [-0.1, -0.05) is 44.2 Å². The van der Waals surface area contributed by atoms with E-state index in [1.54, 1.807) is 31.3 Å². The number of hydrogen-bond donors (Lipinski definition) is 1. The summed E-state index contributed by atoms with van der Waals surface area (Å²) in [4.78, 5) is 41.8. The number of hydrogen-bond acceptors (Lipinski definition) is 6. The zero-order valence-electron chi connectivity index (χ0n) is 16.1. The van der Waals surface area contributed by atoms with Gasteiger partial charge in [0.2, 0.25) is 16.7 Å². The van der Waals surface area contributed by atoms with Crippen LogP contribution in [-0.2, 0) is 15.0 Å². The number of nitrogens with one attached hydrogen (secondary N) is 1. The molecule has 0 unspecified atom stereocenters. The highest BCUT2D eigenvalue weighted by Crippen LogP contribution is 2.44. The van der Waals surface area contributed by atoms with Crippen LogP contribution in [0.5, 0.6) is 0 Å². The first-order chi connectivity index (χ1) is 13.2. The van der Waals surface area contributed by atoms with Crippen LogP contribution in [0.4, 0.5) is 10.8 Å². The number of benzene rings is 1. The topological polar surface area (TPSA) is 95.5 Å². The first kappa shape index (κ1) is 18.5. The van der Waals surface area contributed by atoms with E-state index in [2.05, 4.69) is 15.5 Å². The fourth-order valence-electron chi connectivity index (χ4n) is 3.70. The van der Waals surface area contributed by atoms with Crippen molar-refractivity contribution in [1.29, 1.82) is 0 Å². The van der Waals surface area contributed by atoms with Crippen LogP contribution in [0.15, 0.2) is 24.3 Å². The second kappa shape index (κ2) is 6.10. The molecule has 1 fully saturated rings. The van der Waals surface area contributed by atoms with Crippen LogP contribution in [0.2, 0.25) is 0 Å². The summed E-state index contributed by atoms with van der Waals surface area (Å²) in [6.45, 7) is 6.04. The summed E-state index contributed by atoms with van der Waals surface area (Å²) >= 11 is 1.29. The van der Waals surface area contributed by atoms with Crippen molar-refractivity contribution in [2.75, 3.05) is 17.3 Å². The molecule has 2 aromatic rings. The molecule has 2 aliphatic rings. The van der Waals surface area contributed by atoms with Crippen LogP contribution in [-0.4, -0.2) is 45.5 Å². The Morgan fingerprint density at radius 3 is 2.61 bits per heavy atom. The van der Waals surface area contributed by atoms with Crippen LogP contribution >= 0.6 is 11.3 Å². The highest BCUT2D eigenvalue weighted by Gasteiger charge is 2.59. The van der Waals surface area contributed by atoms with E-state index in [0.29, 0.717) is 16.4 Å². The zero-order chi connectivity index (χ0) is 20.3. The van der Waals surface area contributed by atoms with Crippen molar-refractivity contribution in [2.45, 2.75) is 44.7 Å². The Hall–Kier alpha value is -2.81. The Morgan fingerprint density at radius 1 is 1.21 bits per heavy atom. The molecule has 1 saturated heterocycles. The SMILES string of the molecule is CN1C(=O)c2ccccc2N2C(=O)CC[C@@]12C(=O)Nc1nnc(C(C)(C)C)s1. The average Bonchev–Trinajstić information content (AvgIpc) is 3.25. The van der Waals surface area contributed by atoms with Gasteiger partial charge in [-0.15, -0.1) is 10.2 Å². The third-order valence-electron chi connectivity index (χ3n) is 5.19. The van der Waals surface area contributed by atoms with Crippen LogP contribution in [0.1, 0.15) is 49.0 Å². The summed E-state index contributed by atoms with van der Waals surface area (Å²) in [5.41, 5.74) is -0.716. The van der Waals surface area contributed by atoms with Crippen molar-refractivity contribution in [3.05, 3.63) is 34.8 Å². The summed E-state index contributed by atoms with van der Waals surface area (Å²) in [6.07, 6.45) is 0.405. The standard InChI is InChI=1S/C19H21N5O3S/c1-18(2,3)16-21-22-17(28-16)20-15(27)19-10-9-13(25)24(19)12-8-6-5-7-11(12)14(26)23(19)4/h5-8H,9-10H2,1-4H3,(H,20,22,27)/t19-/m1/s1. The van der Waals surface area contributed by atoms with Gasteiger partial charge in [-0.2, -0.15) is 0 Å². The number of fused-ring (bicyclic) bond motifs is 3. The van der Waals surface area contributed by atoms with Crippen LogP contribution in [0, 0.1) is 0 Å². The third kappa shape index (κ3) is 2.53. The van der Waals surface area contributed by atoms with Crippen LogP contribution in [0.25, 0.3) is 0 Å². The van der Waals surface area contributed by atoms with E-state index in [1.165, 1.54) is 21.1 Å². The number of aromatic nitrogens is 2. The van der Waals surface area contributed by atoms with Gasteiger partial charge in [-0.25, -0.2) is 0 Å². The van der Waals surface area contributed by atoms with Crippen LogP contribution < -0.4 is 10.2 Å². The smallest absolute Gasteiger partial charge is 0.273 e. The molecule has 0 aliphatic carbocycles. The number of rotatable bonds is 2. The van der Waals surface area contributed by atoms with E-state index < -0.39 is 11.6 Å². The fraction of sp³-hybridized carbons (Fsp3) is 0.421. The lowest BCUT2D eigenvalue weighted by Crippen LogP contribution is -2.68. The van der Waals surface area contributed by atoms with E-state index in [0.717, 1.165) is 5.01 Å². The molecule has 1 aromatic heterocycles. The molecule has 3 amide bonds. The van der Waals surface area contributed by atoms with E-state index in [4.69, 9.17) is 0 Å². The predicted octanol–water partition coefficient (Wildman–Crippen LogP) is 2.38. The average molecular weight is 399 g/mol.